The van der Waals surface area contributed by atoms with E-state index in [0.717, 1.165) is 28.1 Å². The summed E-state index contributed by atoms with van der Waals surface area (Å²) in [5.74, 6) is 2.11. The van der Waals surface area contributed by atoms with E-state index >= 15 is 0 Å². The zero-order valence-electron chi connectivity index (χ0n) is 17.9. The Hall–Kier alpha value is -3.94. The lowest BCUT2D eigenvalue weighted by Crippen LogP contribution is -2.32. The van der Waals surface area contributed by atoms with Crippen LogP contribution < -0.4 is 10.6 Å². The molecule has 0 bridgehead atoms. The molecule has 4 aromatic rings. The number of furan rings is 2. The predicted molar refractivity (Wildman–Crippen MR) is 132 cm³/mol. The quantitative estimate of drug-likeness (QED) is 0.260. The molecule has 0 radical (unpaired) electrons. The number of aliphatic hydroxyl groups is 1. The molecule has 4 rings (SSSR count). The van der Waals surface area contributed by atoms with Crippen molar-refractivity contribution in [1.29, 1.82) is 0 Å². The van der Waals surface area contributed by atoms with Crippen LogP contribution in [0.1, 0.15) is 17.1 Å². The van der Waals surface area contributed by atoms with Gasteiger partial charge in [0.05, 0.1) is 0 Å². The lowest BCUT2D eigenvalue weighted by Gasteiger charge is -2.10. The van der Waals surface area contributed by atoms with Gasteiger partial charge < -0.3 is 19.3 Å². The van der Waals surface area contributed by atoms with E-state index in [1.807, 2.05) is 67.6 Å². The smallest absolute Gasteiger partial charge is 0.250 e. The third-order valence-electron chi connectivity index (χ3n) is 4.89. The van der Waals surface area contributed by atoms with E-state index in [1.165, 1.54) is 6.08 Å². The molecule has 0 aliphatic rings. The number of nitrogens with one attached hydrogen (secondary N) is 2. The van der Waals surface area contributed by atoms with E-state index in [2.05, 4.69) is 10.6 Å². The van der Waals surface area contributed by atoms with Gasteiger partial charge in [0.2, 0.25) is 5.91 Å². The number of benzene rings is 2. The van der Waals surface area contributed by atoms with E-state index in [1.54, 1.807) is 18.2 Å². The van der Waals surface area contributed by atoms with Crippen LogP contribution in [0.15, 0.2) is 87.7 Å². The molecule has 0 atom stereocenters. The van der Waals surface area contributed by atoms with Gasteiger partial charge in [0, 0.05) is 22.9 Å². The monoisotopic (exact) mass is 458 g/mol. The van der Waals surface area contributed by atoms with Crippen LogP contribution in [0.25, 0.3) is 28.7 Å². The number of anilines is 1. The zero-order valence-corrected chi connectivity index (χ0v) is 18.7. The number of thiocarbonyl (C=S) groups is 1. The highest BCUT2D eigenvalue weighted by molar-refractivity contribution is 7.80. The van der Waals surface area contributed by atoms with Crippen molar-refractivity contribution in [2.75, 3.05) is 5.32 Å². The fraction of sp³-hybridized carbons (Fsp3) is 0.0769. The molecule has 2 heterocycles. The number of carbonyl (C=O) groups is 1. The zero-order chi connectivity index (χ0) is 23.2. The van der Waals surface area contributed by atoms with Gasteiger partial charge in [-0.1, -0.05) is 30.3 Å². The van der Waals surface area contributed by atoms with E-state index in [0.29, 0.717) is 17.3 Å². The standard InChI is InChI=1S/C26H22N2O4S/c1-17-15-19(7-11-22(17)24-13-9-21(16-29)32-24)27-26(33)28-25(30)14-10-20-8-12-23(31-20)18-5-3-2-4-6-18/h2-15,29H,16H2,1H3,(H2,27,28,30,33)/b14-10+. The molecule has 2 aromatic heterocycles. The minimum atomic E-state index is -0.370. The molecule has 0 unspecified atom stereocenters. The molecule has 33 heavy (non-hydrogen) atoms. The summed E-state index contributed by atoms with van der Waals surface area (Å²) in [4.78, 5) is 12.2. The highest BCUT2D eigenvalue weighted by Crippen LogP contribution is 2.28. The Labute approximate surface area is 196 Å². The van der Waals surface area contributed by atoms with Gasteiger partial charge in [0.1, 0.15) is 29.6 Å². The average molecular weight is 459 g/mol. The first-order valence-electron chi connectivity index (χ1n) is 10.3. The molecule has 0 aliphatic carbocycles. The third kappa shape index (κ3) is 5.65. The molecule has 2 aromatic carbocycles. The number of aryl methyl sites for hydroxylation is 1. The van der Waals surface area contributed by atoms with Crippen molar-refractivity contribution in [3.05, 3.63) is 96.0 Å². The molecule has 7 heteroatoms. The first-order chi connectivity index (χ1) is 16.0. The molecule has 0 saturated heterocycles. The molecule has 166 valence electrons. The Bertz CT molecular complexity index is 1300. The van der Waals surface area contributed by atoms with Crippen molar-refractivity contribution in [1.82, 2.24) is 5.32 Å². The van der Waals surface area contributed by atoms with Crippen LogP contribution in [0.4, 0.5) is 5.69 Å². The Morgan fingerprint density at radius 1 is 1.00 bits per heavy atom. The second-order valence-corrected chi connectivity index (χ2v) is 7.71. The minimum Gasteiger partial charge on any atom is -0.459 e. The van der Waals surface area contributed by atoms with Crippen LogP contribution in [0, 0.1) is 6.92 Å². The molecule has 1 amide bonds. The summed E-state index contributed by atoms with van der Waals surface area (Å²) in [5, 5.41) is 15.0. The topological polar surface area (TPSA) is 87.6 Å². The van der Waals surface area contributed by atoms with E-state index in [9.17, 15) is 9.90 Å². The molecule has 3 N–H and O–H groups in total. The van der Waals surface area contributed by atoms with Gasteiger partial charge in [-0.2, -0.15) is 0 Å². The number of rotatable bonds is 6. The van der Waals surface area contributed by atoms with Crippen molar-refractivity contribution < 1.29 is 18.7 Å². The lowest BCUT2D eigenvalue weighted by atomic mass is 10.1. The van der Waals surface area contributed by atoms with Crippen molar-refractivity contribution in [3.8, 4) is 22.6 Å². The maximum absolute atomic E-state index is 12.2. The van der Waals surface area contributed by atoms with Crippen molar-refractivity contribution in [3.63, 3.8) is 0 Å². The summed E-state index contributed by atoms with van der Waals surface area (Å²) in [7, 11) is 0. The summed E-state index contributed by atoms with van der Waals surface area (Å²) in [6.07, 6.45) is 2.96. The highest BCUT2D eigenvalue weighted by atomic mass is 32.1. The second-order valence-electron chi connectivity index (χ2n) is 7.30. The van der Waals surface area contributed by atoms with Crippen molar-refractivity contribution >= 4 is 35.0 Å². The second kappa shape index (κ2) is 10.1. The van der Waals surface area contributed by atoms with Crippen LogP contribution >= 0.6 is 12.2 Å². The van der Waals surface area contributed by atoms with E-state index in [4.69, 9.17) is 21.1 Å². The predicted octanol–water partition coefficient (Wildman–Crippen LogP) is 5.53. The Morgan fingerprint density at radius 2 is 1.79 bits per heavy atom. The first kappa shape index (κ1) is 22.3. The third-order valence-corrected chi connectivity index (χ3v) is 5.09. The SMILES string of the molecule is Cc1cc(NC(=S)NC(=O)/C=C/c2ccc(-c3ccccc3)o2)ccc1-c1ccc(CO)o1. The minimum absolute atomic E-state index is 0.144. The van der Waals surface area contributed by atoms with Gasteiger partial charge in [-0.3, -0.25) is 10.1 Å². The Kier molecular flexibility index (Phi) is 6.83. The lowest BCUT2D eigenvalue weighted by molar-refractivity contribution is -0.115. The van der Waals surface area contributed by atoms with Crippen LogP contribution in [-0.4, -0.2) is 16.1 Å². The number of carbonyl (C=O) groups excluding carboxylic acids is 1. The number of aliphatic hydroxyl groups excluding tert-OH is 1. The maximum Gasteiger partial charge on any atom is 0.250 e. The van der Waals surface area contributed by atoms with Crippen LogP contribution in [0.5, 0.6) is 0 Å². The van der Waals surface area contributed by atoms with Crippen LogP contribution in [-0.2, 0) is 11.4 Å². The molecule has 0 spiro atoms. The Balaban J connectivity index is 1.33. The van der Waals surface area contributed by atoms with Gasteiger partial charge in [-0.15, -0.1) is 0 Å². The molecular weight excluding hydrogens is 436 g/mol. The number of amides is 1. The van der Waals surface area contributed by atoms with Crippen LogP contribution in [0.3, 0.4) is 0 Å². The Morgan fingerprint density at radius 3 is 2.52 bits per heavy atom. The maximum atomic E-state index is 12.2. The largest absolute Gasteiger partial charge is 0.459 e. The first-order valence-corrected chi connectivity index (χ1v) is 10.7. The van der Waals surface area contributed by atoms with Gasteiger partial charge in [-0.05, 0) is 73.2 Å². The summed E-state index contributed by atoms with van der Waals surface area (Å²) >= 11 is 5.25. The molecule has 0 fully saturated rings. The van der Waals surface area contributed by atoms with E-state index in [-0.39, 0.29) is 17.6 Å². The van der Waals surface area contributed by atoms with Gasteiger partial charge in [0.25, 0.3) is 0 Å². The van der Waals surface area contributed by atoms with Crippen molar-refractivity contribution in [2.45, 2.75) is 13.5 Å². The molecule has 6 nitrogen and oxygen atoms in total. The highest BCUT2D eigenvalue weighted by Gasteiger charge is 2.09. The van der Waals surface area contributed by atoms with Gasteiger partial charge in [-0.25, -0.2) is 0 Å². The fourth-order valence-electron chi connectivity index (χ4n) is 3.30. The summed E-state index contributed by atoms with van der Waals surface area (Å²) in [6, 6.07) is 22.6. The van der Waals surface area contributed by atoms with Crippen LogP contribution in [0.2, 0.25) is 0 Å². The number of hydrogen-bond acceptors (Lipinski definition) is 5. The summed E-state index contributed by atoms with van der Waals surface area (Å²) < 4.78 is 11.3. The normalized spacial score (nSPS) is 11.0. The fourth-order valence-corrected chi connectivity index (χ4v) is 3.52. The summed E-state index contributed by atoms with van der Waals surface area (Å²) in [5.41, 5.74) is 3.57. The summed E-state index contributed by atoms with van der Waals surface area (Å²) in [6.45, 7) is 1.80. The molecule has 0 aliphatic heterocycles. The van der Waals surface area contributed by atoms with Crippen molar-refractivity contribution in [2.24, 2.45) is 0 Å². The van der Waals surface area contributed by atoms with Gasteiger partial charge in [0.15, 0.2) is 5.11 Å². The van der Waals surface area contributed by atoms with Gasteiger partial charge >= 0.3 is 0 Å². The van der Waals surface area contributed by atoms with E-state index < -0.39 is 0 Å². The average Bonchev–Trinajstić information content (AvgIpc) is 3.48. The number of hydrogen-bond donors (Lipinski definition) is 3. The molecule has 0 saturated carbocycles. The molecular formula is C26H22N2O4S.